The van der Waals surface area contributed by atoms with Crippen molar-refractivity contribution in [2.75, 3.05) is 57.7 Å². The summed E-state index contributed by atoms with van der Waals surface area (Å²) in [5.41, 5.74) is 0.874. The van der Waals surface area contributed by atoms with E-state index >= 15 is 0 Å². The van der Waals surface area contributed by atoms with E-state index < -0.39 is 0 Å². The van der Waals surface area contributed by atoms with Crippen LogP contribution in [0.25, 0.3) is 10.8 Å². The Hall–Kier alpha value is -2.44. The first-order valence-electron chi connectivity index (χ1n) is 11.2. The van der Waals surface area contributed by atoms with Crippen LogP contribution < -0.4 is 5.32 Å². The summed E-state index contributed by atoms with van der Waals surface area (Å²) in [5, 5.41) is 5.27. The zero-order valence-corrected chi connectivity index (χ0v) is 17.7. The highest BCUT2D eigenvalue weighted by atomic mass is 16.2. The zero-order valence-electron chi connectivity index (χ0n) is 17.7. The molecule has 30 heavy (non-hydrogen) atoms. The lowest BCUT2D eigenvalue weighted by molar-refractivity contribution is -0.133. The van der Waals surface area contributed by atoms with Crippen LogP contribution in [0.4, 0.5) is 5.69 Å². The summed E-state index contributed by atoms with van der Waals surface area (Å²) in [6.45, 7) is 6.74. The van der Waals surface area contributed by atoms with Gasteiger partial charge in [-0.1, -0.05) is 36.4 Å². The second kappa shape index (κ2) is 10.0. The van der Waals surface area contributed by atoms with Crippen molar-refractivity contribution in [3.8, 4) is 0 Å². The van der Waals surface area contributed by atoms with E-state index in [1.165, 1.54) is 6.42 Å². The van der Waals surface area contributed by atoms with Crippen molar-refractivity contribution in [3.63, 3.8) is 0 Å². The van der Waals surface area contributed by atoms with E-state index in [1.807, 2.05) is 35.2 Å². The van der Waals surface area contributed by atoms with Gasteiger partial charge in [-0.2, -0.15) is 0 Å². The molecule has 0 spiro atoms. The number of hydrogen-bond acceptors (Lipinski definition) is 4. The van der Waals surface area contributed by atoms with E-state index in [1.54, 1.807) is 0 Å². The molecular formula is C24H32N4O2. The molecule has 2 amide bonds. The van der Waals surface area contributed by atoms with Crippen LogP contribution in [0.5, 0.6) is 0 Å². The lowest BCUT2D eigenvalue weighted by Crippen LogP contribution is -2.51. The van der Waals surface area contributed by atoms with Crippen molar-refractivity contribution in [1.29, 1.82) is 0 Å². The van der Waals surface area contributed by atoms with E-state index in [0.717, 1.165) is 75.1 Å². The SMILES string of the molecule is O=C(CCN1CCN(CC(=O)N2CCCCC2)CC1)Nc1cccc2ccccc12. The number of likely N-dealkylation sites (tertiary alicyclic amines) is 1. The van der Waals surface area contributed by atoms with Crippen LogP contribution >= 0.6 is 0 Å². The number of nitrogens with zero attached hydrogens (tertiary/aromatic N) is 3. The molecule has 0 bridgehead atoms. The zero-order chi connectivity index (χ0) is 20.8. The maximum atomic E-state index is 12.5. The number of benzene rings is 2. The number of anilines is 1. The highest BCUT2D eigenvalue weighted by Crippen LogP contribution is 2.23. The molecule has 0 saturated carbocycles. The van der Waals surface area contributed by atoms with Crippen LogP contribution in [0, 0.1) is 0 Å². The van der Waals surface area contributed by atoms with Gasteiger partial charge in [-0.25, -0.2) is 0 Å². The number of carbonyl (C=O) groups is 2. The molecule has 2 saturated heterocycles. The van der Waals surface area contributed by atoms with E-state index in [4.69, 9.17) is 0 Å². The Labute approximate surface area is 178 Å². The number of amides is 2. The second-order valence-electron chi connectivity index (χ2n) is 8.38. The molecule has 2 aromatic carbocycles. The van der Waals surface area contributed by atoms with Gasteiger partial charge in [0, 0.05) is 63.3 Å². The maximum Gasteiger partial charge on any atom is 0.236 e. The molecule has 2 aliphatic heterocycles. The molecule has 2 aromatic rings. The average molecular weight is 409 g/mol. The lowest BCUT2D eigenvalue weighted by atomic mass is 10.1. The van der Waals surface area contributed by atoms with Gasteiger partial charge < -0.3 is 15.1 Å². The molecule has 0 aliphatic carbocycles. The summed E-state index contributed by atoms with van der Waals surface area (Å²) in [7, 11) is 0. The van der Waals surface area contributed by atoms with Gasteiger partial charge in [-0.15, -0.1) is 0 Å². The number of nitrogens with one attached hydrogen (secondary N) is 1. The Morgan fingerprint density at radius 2 is 1.50 bits per heavy atom. The van der Waals surface area contributed by atoms with E-state index in [2.05, 4.69) is 27.2 Å². The van der Waals surface area contributed by atoms with Gasteiger partial charge in [0.25, 0.3) is 0 Å². The quantitative estimate of drug-likeness (QED) is 0.799. The number of piperidine rings is 1. The third-order valence-corrected chi connectivity index (χ3v) is 6.25. The van der Waals surface area contributed by atoms with Gasteiger partial charge in [0.1, 0.15) is 0 Å². The van der Waals surface area contributed by atoms with Crippen molar-refractivity contribution >= 4 is 28.3 Å². The molecule has 0 atom stereocenters. The number of piperazine rings is 1. The molecule has 2 aliphatic rings. The van der Waals surface area contributed by atoms with E-state index in [0.29, 0.717) is 13.0 Å². The highest BCUT2D eigenvalue weighted by Gasteiger charge is 2.23. The topological polar surface area (TPSA) is 55.9 Å². The van der Waals surface area contributed by atoms with Crippen LogP contribution in [0.2, 0.25) is 0 Å². The van der Waals surface area contributed by atoms with Gasteiger partial charge >= 0.3 is 0 Å². The number of fused-ring (bicyclic) bond motifs is 1. The van der Waals surface area contributed by atoms with Gasteiger partial charge in [-0.05, 0) is 30.7 Å². The molecule has 1 N–H and O–H groups in total. The molecule has 4 rings (SSSR count). The summed E-state index contributed by atoms with van der Waals surface area (Å²) >= 11 is 0. The molecule has 0 unspecified atom stereocenters. The first-order chi connectivity index (χ1) is 14.7. The van der Waals surface area contributed by atoms with Crippen LogP contribution in [0.3, 0.4) is 0 Å². The molecular weight excluding hydrogens is 376 g/mol. The number of carbonyl (C=O) groups excluding carboxylic acids is 2. The predicted molar refractivity (Wildman–Crippen MR) is 121 cm³/mol. The largest absolute Gasteiger partial charge is 0.342 e. The molecule has 0 aromatic heterocycles. The Kier molecular flexibility index (Phi) is 6.97. The monoisotopic (exact) mass is 408 g/mol. The highest BCUT2D eigenvalue weighted by molar-refractivity contribution is 6.02. The standard InChI is InChI=1S/C24H32N4O2/c29-23(25-22-10-6-8-20-7-2-3-9-21(20)22)11-14-26-15-17-27(18-16-26)19-24(30)28-12-4-1-5-13-28/h2-3,6-10H,1,4-5,11-19H2,(H,25,29). The van der Waals surface area contributed by atoms with Crippen LogP contribution in [0.15, 0.2) is 42.5 Å². The van der Waals surface area contributed by atoms with Crippen LogP contribution in [-0.2, 0) is 9.59 Å². The minimum atomic E-state index is 0.0501. The van der Waals surface area contributed by atoms with Crippen LogP contribution in [-0.4, -0.2) is 78.9 Å². The van der Waals surface area contributed by atoms with Gasteiger partial charge in [-0.3, -0.25) is 14.5 Å². The Morgan fingerprint density at radius 3 is 2.30 bits per heavy atom. The molecule has 6 heteroatoms. The first-order valence-corrected chi connectivity index (χ1v) is 11.2. The third-order valence-electron chi connectivity index (χ3n) is 6.25. The molecule has 2 heterocycles. The van der Waals surface area contributed by atoms with E-state index in [9.17, 15) is 9.59 Å². The molecule has 6 nitrogen and oxygen atoms in total. The van der Waals surface area contributed by atoms with Crippen molar-refractivity contribution in [3.05, 3.63) is 42.5 Å². The van der Waals surface area contributed by atoms with Crippen LogP contribution in [0.1, 0.15) is 25.7 Å². The molecule has 160 valence electrons. The summed E-state index contributed by atoms with van der Waals surface area (Å²) in [6.07, 6.45) is 4.01. The summed E-state index contributed by atoms with van der Waals surface area (Å²) in [6, 6.07) is 14.1. The number of hydrogen-bond donors (Lipinski definition) is 1. The summed E-state index contributed by atoms with van der Waals surface area (Å²) < 4.78 is 0. The molecule has 0 radical (unpaired) electrons. The normalized spacial score (nSPS) is 18.5. The van der Waals surface area contributed by atoms with Crippen molar-refractivity contribution in [1.82, 2.24) is 14.7 Å². The Balaban J connectivity index is 1.19. The van der Waals surface area contributed by atoms with Gasteiger partial charge in [0.15, 0.2) is 0 Å². The van der Waals surface area contributed by atoms with Gasteiger partial charge in [0.05, 0.1) is 6.54 Å². The van der Waals surface area contributed by atoms with Crippen molar-refractivity contribution < 1.29 is 9.59 Å². The summed E-state index contributed by atoms with van der Waals surface area (Å²) in [5.74, 6) is 0.326. The third kappa shape index (κ3) is 5.37. The fourth-order valence-electron chi connectivity index (χ4n) is 4.41. The first kappa shape index (κ1) is 20.8. The fraction of sp³-hybridized carbons (Fsp3) is 0.500. The average Bonchev–Trinajstić information content (AvgIpc) is 2.79. The molecule has 2 fully saturated rings. The minimum absolute atomic E-state index is 0.0501. The fourth-order valence-corrected chi connectivity index (χ4v) is 4.41. The predicted octanol–water partition coefficient (Wildman–Crippen LogP) is 2.80. The summed E-state index contributed by atoms with van der Waals surface area (Å²) in [4.78, 5) is 31.5. The lowest BCUT2D eigenvalue weighted by Gasteiger charge is -2.36. The van der Waals surface area contributed by atoms with E-state index in [-0.39, 0.29) is 11.8 Å². The maximum absolute atomic E-state index is 12.5. The minimum Gasteiger partial charge on any atom is -0.342 e. The van der Waals surface area contributed by atoms with Crippen molar-refractivity contribution in [2.24, 2.45) is 0 Å². The van der Waals surface area contributed by atoms with Gasteiger partial charge in [0.2, 0.25) is 11.8 Å². The number of rotatable bonds is 6. The smallest absolute Gasteiger partial charge is 0.236 e. The van der Waals surface area contributed by atoms with Crippen molar-refractivity contribution in [2.45, 2.75) is 25.7 Å². The Morgan fingerprint density at radius 1 is 0.800 bits per heavy atom. The Bertz CT molecular complexity index is 865. The second-order valence-corrected chi connectivity index (χ2v) is 8.38.